The average Bonchev–Trinajstić information content (AvgIpc) is 2.47. The fraction of sp³-hybridized carbons (Fsp3) is 0.889. The zero-order valence-corrected chi connectivity index (χ0v) is 15.0. The summed E-state index contributed by atoms with van der Waals surface area (Å²) in [7, 11) is 3.44. The second-order valence-electron chi connectivity index (χ2n) is 7.82. The number of ether oxygens (including phenoxy) is 2. The summed E-state index contributed by atoms with van der Waals surface area (Å²) in [4.78, 5) is 1.90. The molecule has 0 aromatic rings. The standard InChI is InChI=1S/C18H33NO4/c1-18(2)14-6-5-13(17(18)7-14)10-23-12-16(21)9-19(3)8-15(20)11-22-4/h5,14-17,20-21H,6-12H2,1-4H3. The van der Waals surface area contributed by atoms with Gasteiger partial charge in [-0.2, -0.15) is 0 Å². The predicted octanol–water partition coefficient (Wildman–Crippen LogP) is 1.30. The Kier molecular flexibility index (Phi) is 6.63. The van der Waals surface area contributed by atoms with Crippen LogP contribution in [0.5, 0.6) is 0 Å². The van der Waals surface area contributed by atoms with Crippen LogP contribution in [-0.2, 0) is 9.47 Å². The Labute approximate surface area is 140 Å². The van der Waals surface area contributed by atoms with Crippen molar-refractivity contribution in [2.45, 2.75) is 38.9 Å². The fourth-order valence-electron chi connectivity index (χ4n) is 4.05. The maximum Gasteiger partial charge on any atom is 0.0900 e. The molecule has 4 atom stereocenters. The van der Waals surface area contributed by atoms with Crippen molar-refractivity contribution in [3.05, 3.63) is 11.6 Å². The van der Waals surface area contributed by atoms with E-state index in [4.69, 9.17) is 9.47 Å². The van der Waals surface area contributed by atoms with Crippen LogP contribution in [-0.4, -0.2) is 74.4 Å². The third-order valence-corrected chi connectivity index (χ3v) is 5.57. The molecular weight excluding hydrogens is 294 g/mol. The molecule has 0 aromatic carbocycles. The highest BCUT2D eigenvalue weighted by atomic mass is 16.5. The number of fused-ring (bicyclic) bond motifs is 1. The molecule has 0 spiro atoms. The fourth-order valence-corrected chi connectivity index (χ4v) is 4.05. The van der Waals surface area contributed by atoms with Gasteiger partial charge in [0.15, 0.2) is 0 Å². The topological polar surface area (TPSA) is 62.2 Å². The Morgan fingerprint density at radius 2 is 1.91 bits per heavy atom. The Morgan fingerprint density at radius 3 is 2.48 bits per heavy atom. The van der Waals surface area contributed by atoms with Gasteiger partial charge in [0, 0.05) is 20.2 Å². The first-order chi connectivity index (χ1) is 10.8. The lowest BCUT2D eigenvalue weighted by molar-refractivity contribution is -0.0272. The first-order valence-electron chi connectivity index (χ1n) is 8.64. The maximum atomic E-state index is 10.1. The van der Waals surface area contributed by atoms with Crippen LogP contribution in [0.15, 0.2) is 11.6 Å². The molecule has 5 nitrogen and oxygen atoms in total. The summed E-state index contributed by atoms with van der Waals surface area (Å²) >= 11 is 0. The molecule has 0 aliphatic heterocycles. The minimum atomic E-state index is -0.541. The van der Waals surface area contributed by atoms with E-state index in [0.717, 1.165) is 5.92 Å². The van der Waals surface area contributed by atoms with Crippen LogP contribution >= 0.6 is 0 Å². The SMILES string of the molecule is COCC(O)CN(C)CC(O)COCC1=CCC2CC1C2(C)C. The van der Waals surface area contributed by atoms with Gasteiger partial charge in [-0.3, -0.25) is 0 Å². The number of hydrogen-bond donors (Lipinski definition) is 2. The Hall–Kier alpha value is -0.460. The Balaban J connectivity index is 1.63. The molecule has 2 bridgehead atoms. The molecule has 0 saturated heterocycles. The van der Waals surface area contributed by atoms with Crippen LogP contribution in [0.3, 0.4) is 0 Å². The summed E-state index contributed by atoms with van der Waals surface area (Å²) < 4.78 is 10.6. The van der Waals surface area contributed by atoms with Crippen LogP contribution in [0.2, 0.25) is 0 Å². The van der Waals surface area contributed by atoms with E-state index >= 15 is 0 Å². The van der Waals surface area contributed by atoms with Crippen LogP contribution in [0.25, 0.3) is 0 Å². The van der Waals surface area contributed by atoms with Crippen LogP contribution < -0.4 is 0 Å². The van der Waals surface area contributed by atoms with Crippen LogP contribution in [0.4, 0.5) is 0 Å². The molecule has 3 aliphatic rings. The number of aliphatic hydroxyl groups excluding tert-OH is 2. The molecule has 5 heteroatoms. The molecular formula is C18H33NO4. The van der Waals surface area contributed by atoms with Crippen molar-refractivity contribution in [1.29, 1.82) is 0 Å². The zero-order chi connectivity index (χ0) is 17.0. The number of aliphatic hydroxyl groups is 2. The van der Waals surface area contributed by atoms with Crippen molar-refractivity contribution in [3.63, 3.8) is 0 Å². The lowest BCUT2D eigenvalue weighted by Gasteiger charge is -2.56. The van der Waals surface area contributed by atoms with Gasteiger partial charge in [0.05, 0.1) is 32.0 Å². The van der Waals surface area contributed by atoms with E-state index in [2.05, 4.69) is 19.9 Å². The van der Waals surface area contributed by atoms with E-state index in [0.29, 0.717) is 44.2 Å². The third-order valence-electron chi connectivity index (χ3n) is 5.57. The molecule has 1 saturated carbocycles. The molecule has 3 rings (SSSR count). The minimum Gasteiger partial charge on any atom is -0.389 e. The number of nitrogens with zero attached hydrogens (tertiary/aromatic N) is 1. The van der Waals surface area contributed by atoms with E-state index in [1.165, 1.54) is 18.4 Å². The van der Waals surface area contributed by atoms with Crippen molar-refractivity contribution in [3.8, 4) is 0 Å². The molecule has 3 aliphatic carbocycles. The van der Waals surface area contributed by atoms with E-state index < -0.39 is 12.2 Å². The first kappa shape index (κ1) is 18.9. The van der Waals surface area contributed by atoms with Crippen LogP contribution in [0, 0.1) is 17.3 Å². The van der Waals surface area contributed by atoms with Crippen LogP contribution in [0.1, 0.15) is 26.7 Å². The molecule has 23 heavy (non-hydrogen) atoms. The van der Waals surface area contributed by atoms with E-state index in [1.54, 1.807) is 7.11 Å². The zero-order valence-electron chi connectivity index (χ0n) is 15.0. The van der Waals surface area contributed by atoms with Gasteiger partial charge < -0.3 is 24.6 Å². The van der Waals surface area contributed by atoms with Gasteiger partial charge in [0.2, 0.25) is 0 Å². The number of rotatable bonds is 10. The highest BCUT2D eigenvalue weighted by molar-refractivity contribution is 5.23. The van der Waals surface area contributed by atoms with Crippen molar-refractivity contribution in [1.82, 2.24) is 4.90 Å². The molecule has 0 amide bonds. The predicted molar refractivity (Wildman–Crippen MR) is 90.3 cm³/mol. The number of methoxy groups -OCH3 is 1. The molecule has 4 unspecified atom stereocenters. The van der Waals surface area contributed by atoms with Gasteiger partial charge >= 0.3 is 0 Å². The van der Waals surface area contributed by atoms with Gasteiger partial charge in [0.25, 0.3) is 0 Å². The number of likely N-dealkylation sites (N-methyl/N-ethyl adjacent to an activating group) is 1. The molecule has 134 valence electrons. The van der Waals surface area contributed by atoms with Gasteiger partial charge in [-0.25, -0.2) is 0 Å². The van der Waals surface area contributed by atoms with E-state index in [-0.39, 0.29) is 0 Å². The molecule has 1 fully saturated rings. The summed E-state index contributed by atoms with van der Waals surface area (Å²) in [5, 5.41) is 19.7. The molecule has 0 radical (unpaired) electrons. The van der Waals surface area contributed by atoms with Gasteiger partial charge in [0.1, 0.15) is 0 Å². The smallest absolute Gasteiger partial charge is 0.0900 e. The second-order valence-corrected chi connectivity index (χ2v) is 7.82. The third kappa shape index (κ3) is 4.77. The first-order valence-corrected chi connectivity index (χ1v) is 8.64. The molecule has 0 aromatic heterocycles. The quantitative estimate of drug-likeness (QED) is 0.592. The van der Waals surface area contributed by atoms with E-state index in [1.807, 2.05) is 11.9 Å². The number of allylic oxidation sites excluding steroid dienone is 1. The molecule has 0 heterocycles. The average molecular weight is 327 g/mol. The summed E-state index contributed by atoms with van der Waals surface area (Å²) in [6, 6.07) is 0. The van der Waals surface area contributed by atoms with E-state index in [9.17, 15) is 10.2 Å². The Morgan fingerprint density at radius 1 is 1.26 bits per heavy atom. The van der Waals surface area contributed by atoms with Crippen molar-refractivity contribution >= 4 is 0 Å². The highest BCUT2D eigenvalue weighted by Crippen LogP contribution is 2.59. The van der Waals surface area contributed by atoms with Gasteiger partial charge in [-0.05, 0) is 42.7 Å². The lowest BCUT2D eigenvalue weighted by atomic mass is 9.49. The van der Waals surface area contributed by atoms with Gasteiger partial charge in [-0.1, -0.05) is 19.9 Å². The lowest BCUT2D eigenvalue weighted by Crippen LogP contribution is -2.48. The Bertz CT molecular complexity index is 410. The second kappa shape index (κ2) is 8.08. The highest BCUT2D eigenvalue weighted by Gasteiger charge is 2.50. The summed E-state index contributed by atoms with van der Waals surface area (Å²) in [6.45, 7) is 6.95. The van der Waals surface area contributed by atoms with Crippen molar-refractivity contribution < 1.29 is 19.7 Å². The number of hydrogen-bond acceptors (Lipinski definition) is 5. The monoisotopic (exact) mass is 327 g/mol. The summed E-state index contributed by atoms with van der Waals surface area (Å²) in [5.41, 5.74) is 1.83. The summed E-state index contributed by atoms with van der Waals surface area (Å²) in [5.74, 6) is 1.50. The summed E-state index contributed by atoms with van der Waals surface area (Å²) in [6.07, 6.45) is 3.74. The molecule has 2 N–H and O–H groups in total. The van der Waals surface area contributed by atoms with Crippen molar-refractivity contribution in [2.75, 3.05) is 47.1 Å². The van der Waals surface area contributed by atoms with Gasteiger partial charge in [-0.15, -0.1) is 0 Å². The van der Waals surface area contributed by atoms with Crippen molar-refractivity contribution in [2.24, 2.45) is 17.3 Å². The maximum absolute atomic E-state index is 10.1. The minimum absolute atomic E-state index is 0.309. The normalized spacial score (nSPS) is 28.2. The largest absolute Gasteiger partial charge is 0.389 e.